The van der Waals surface area contributed by atoms with Gasteiger partial charge in [-0.1, -0.05) is 19.8 Å². The Labute approximate surface area is 116 Å². The summed E-state index contributed by atoms with van der Waals surface area (Å²) >= 11 is 0. The number of oxazole rings is 1. The van der Waals surface area contributed by atoms with Crippen molar-refractivity contribution in [3.63, 3.8) is 0 Å². The topological polar surface area (TPSA) is 81.2 Å². The van der Waals surface area contributed by atoms with E-state index in [1.807, 2.05) is 0 Å². The normalized spacial score (nSPS) is 22.9. The average Bonchev–Trinajstić information content (AvgIpc) is 2.82. The minimum Gasteiger partial charge on any atom is -0.423 e. The van der Waals surface area contributed by atoms with Crippen LogP contribution >= 0.6 is 0 Å². The Morgan fingerprint density at radius 1 is 1.40 bits per heavy atom. The van der Waals surface area contributed by atoms with Crippen molar-refractivity contribution < 1.29 is 9.34 Å². The van der Waals surface area contributed by atoms with Crippen molar-refractivity contribution >= 4 is 22.8 Å². The number of non-ortho nitro benzene ring substituents is 1. The zero-order valence-corrected chi connectivity index (χ0v) is 11.3. The van der Waals surface area contributed by atoms with Gasteiger partial charge >= 0.3 is 0 Å². The van der Waals surface area contributed by atoms with Crippen LogP contribution in [0, 0.1) is 16.0 Å². The lowest BCUT2D eigenvalue weighted by Crippen LogP contribution is -2.30. The lowest BCUT2D eigenvalue weighted by atomic mass is 9.86. The van der Waals surface area contributed by atoms with Crippen LogP contribution in [-0.4, -0.2) is 15.9 Å². The molecule has 3 rings (SSSR count). The number of nitro groups is 1. The molecule has 0 radical (unpaired) electrons. The Morgan fingerprint density at radius 2 is 2.20 bits per heavy atom. The number of nitrogens with zero attached hydrogens (tertiary/aromatic N) is 2. The van der Waals surface area contributed by atoms with Gasteiger partial charge in [-0.3, -0.25) is 10.1 Å². The molecular formula is C14H17N3O3. The SMILES string of the molecule is CC1CCCCC1Nc1nc2ccc([N+](=O)[O-])cc2o1. The molecule has 2 atom stereocenters. The molecular weight excluding hydrogens is 258 g/mol. The Balaban J connectivity index is 1.83. The fourth-order valence-corrected chi connectivity index (χ4v) is 2.78. The number of nitrogens with one attached hydrogen (secondary N) is 1. The van der Waals surface area contributed by atoms with Gasteiger partial charge in [-0.05, 0) is 24.8 Å². The molecule has 20 heavy (non-hydrogen) atoms. The number of rotatable bonds is 3. The Bertz CT molecular complexity index is 638. The van der Waals surface area contributed by atoms with E-state index in [4.69, 9.17) is 4.42 Å². The molecule has 2 aromatic rings. The second kappa shape index (κ2) is 5.11. The van der Waals surface area contributed by atoms with Crippen LogP contribution < -0.4 is 5.32 Å². The van der Waals surface area contributed by atoms with Gasteiger partial charge in [0.2, 0.25) is 0 Å². The first-order valence-corrected chi connectivity index (χ1v) is 6.95. The van der Waals surface area contributed by atoms with Crippen molar-refractivity contribution in [2.45, 2.75) is 38.6 Å². The zero-order valence-electron chi connectivity index (χ0n) is 11.3. The Kier molecular flexibility index (Phi) is 3.30. The summed E-state index contributed by atoms with van der Waals surface area (Å²) in [5.74, 6) is 0.591. The third kappa shape index (κ3) is 2.45. The molecule has 1 heterocycles. The molecule has 2 unspecified atom stereocenters. The van der Waals surface area contributed by atoms with Crippen LogP contribution in [0.3, 0.4) is 0 Å². The summed E-state index contributed by atoms with van der Waals surface area (Å²) in [6.07, 6.45) is 4.82. The molecule has 1 N–H and O–H groups in total. The van der Waals surface area contributed by atoms with E-state index in [1.54, 1.807) is 6.07 Å². The fourth-order valence-electron chi connectivity index (χ4n) is 2.78. The van der Waals surface area contributed by atoms with Crippen LogP contribution in [0.4, 0.5) is 11.7 Å². The van der Waals surface area contributed by atoms with Crippen LogP contribution in [0.2, 0.25) is 0 Å². The highest BCUT2D eigenvalue weighted by molar-refractivity contribution is 5.77. The summed E-state index contributed by atoms with van der Waals surface area (Å²) in [5, 5.41) is 14.1. The van der Waals surface area contributed by atoms with E-state index in [9.17, 15) is 10.1 Å². The monoisotopic (exact) mass is 275 g/mol. The number of benzene rings is 1. The molecule has 0 amide bonds. The summed E-state index contributed by atoms with van der Waals surface area (Å²) in [6, 6.07) is 5.30. The molecule has 0 bridgehead atoms. The fraction of sp³-hybridized carbons (Fsp3) is 0.500. The molecule has 1 aliphatic rings. The maximum Gasteiger partial charge on any atom is 0.295 e. The van der Waals surface area contributed by atoms with Crippen LogP contribution in [0.5, 0.6) is 0 Å². The minimum absolute atomic E-state index is 0.0197. The molecule has 6 nitrogen and oxygen atoms in total. The number of hydrogen-bond donors (Lipinski definition) is 1. The molecule has 1 aliphatic carbocycles. The number of aromatic nitrogens is 1. The third-order valence-corrected chi connectivity index (χ3v) is 4.00. The largest absolute Gasteiger partial charge is 0.423 e. The Hall–Kier alpha value is -2.11. The predicted octanol–water partition coefficient (Wildman–Crippen LogP) is 3.73. The number of hydrogen-bond acceptors (Lipinski definition) is 5. The van der Waals surface area contributed by atoms with Crippen molar-refractivity contribution in [3.8, 4) is 0 Å². The average molecular weight is 275 g/mol. The highest BCUT2D eigenvalue weighted by atomic mass is 16.6. The van der Waals surface area contributed by atoms with Gasteiger partial charge < -0.3 is 9.73 Å². The van der Waals surface area contributed by atoms with Crippen LogP contribution in [0.25, 0.3) is 11.1 Å². The summed E-state index contributed by atoms with van der Waals surface area (Å²) < 4.78 is 5.58. The van der Waals surface area contributed by atoms with Gasteiger partial charge in [0.1, 0.15) is 5.52 Å². The number of nitro benzene ring substituents is 1. The van der Waals surface area contributed by atoms with Crippen molar-refractivity contribution in [2.75, 3.05) is 5.32 Å². The van der Waals surface area contributed by atoms with Crippen LogP contribution in [-0.2, 0) is 0 Å². The maximum absolute atomic E-state index is 10.7. The summed E-state index contributed by atoms with van der Waals surface area (Å²) in [7, 11) is 0. The van der Waals surface area contributed by atoms with Gasteiger partial charge in [0.25, 0.3) is 11.7 Å². The molecule has 1 fully saturated rings. The first-order valence-electron chi connectivity index (χ1n) is 6.95. The summed E-state index contributed by atoms with van der Waals surface area (Å²) in [6.45, 7) is 2.23. The van der Waals surface area contributed by atoms with Gasteiger partial charge in [0.05, 0.1) is 11.0 Å². The summed E-state index contributed by atoms with van der Waals surface area (Å²) in [4.78, 5) is 14.6. The first-order chi connectivity index (χ1) is 9.63. The smallest absolute Gasteiger partial charge is 0.295 e. The number of anilines is 1. The van der Waals surface area contributed by atoms with E-state index >= 15 is 0 Å². The molecule has 0 spiro atoms. The summed E-state index contributed by atoms with van der Waals surface area (Å²) in [5.41, 5.74) is 1.11. The van der Waals surface area contributed by atoms with Gasteiger partial charge in [-0.15, -0.1) is 0 Å². The predicted molar refractivity (Wildman–Crippen MR) is 75.7 cm³/mol. The lowest BCUT2D eigenvalue weighted by Gasteiger charge is -2.28. The van der Waals surface area contributed by atoms with E-state index in [0.29, 0.717) is 29.1 Å². The minimum atomic E-state index is -0.432. The molecule has 1 aromatic carbocycles. The van der Waals surface area contributed by atoms with E-state index in [-0.39, 0.29) is 5.69 Å². The van der Waals surface area contributed by atoms with E-state index in [0.717, 1.165) is 6.42 Å². The lowest BCUT2D eigenvalue weighted by molar-refractivity contribution is -0.384. The van der Waals surface area contributed by atoms with Gasteiger partial charge in [-0.25, -0.2) is 0 Å². The quantitative estimate of drug-likeness (QED) is 0.681. The first kappa shape index (κ1) is 12.9. The second-order valence-electron chi connectivity index (χ2n) is 5.44. The third-order valence-electron chi connectivity index (χ3n) is 4.00. The van der Waals surface area contributed by atoms with Crippen molar-refractivity contribution in [3.05, 3.63) is 28.3 Å². The molecule has 6 heteroatoms. The van der Waals surface area contributed by atoms with Gasteiger partial charge in [-0.2, -0.15) is 4.98 Å². The molecule has 0 saturated heterocycles. The van der Waals surface area contributed by atoms with Crippen molar-refractivity contribution in [2.24, 2.45) is 5.92 Å². The van der Waals surface area contributed by atoms with E-state index in [2.05, 4.69) is 17.2 Å². The highest BCUT2D eigenvalue weighted by Crippen LogP contribution is 2.29. The molecule has 1 aromatic heterocycles. The number of fused-ring (bicyclic) bond motifs is 1. The molecule has 106 valence electrons. The Morgan fingerprint density at radius 3 is 2.95 bits per heavy atom. The molecule has 1 saturated carbocycles. The maximum atomic E-state index is 10.7. The second-order valence-corrected chi connectivity index (χ2v) is 5.44. The van der Waals surface area contributed by atoms with Crippen LogP contribution in [0.15, 0.2) is 22.6 Å². The standard InChI is InChI=1S/C14H17N3O3/c1-9-4-2-3-5-11(9)15-14-16-12-7-6-10(17(18)19)8-13(12)20-14/h6-9,11H,2-5H2,1H3,(H,15,16). The molecule has 0 aliphatic heterocycles. The zero-order chi connectivity index (χ0) is 14.1. The van der Waals surface area contributed by atoms with Crippen molar-refractivity contribution in [1.29, 1.82) is 0 Å². The van der Waals surface area contributed by atoms with Gasteiger partial charge in [0, 0.05) is 12.1 Å². The van der Waals surface area contributed by atoms with Gasteiger partial charge in [0.15, 0.2) is 5.58 Å². The van der Waals surface area contributed by atoms with Crippen molar-refractivity contribution in [1.82, 2.24) is 4.98 Å². The van der Waals surface area contributed by atoms with E-state index in [1.165, 1.54) is 31.4 Å². The highest BCUT2D eigenvalue weighted by Gasteiger charge is 2.23. The van der Waals surface area contributed by atoms with E-state index < -0.39 is 4.92 Å². The van der Waals surface area contributed by atoms with Crippen LogP contribution in [0.1, 0.15) is 32.6 Å².